The first kappa shape index (κ1) is 12.0. The molecule has 2 amide bonds. The Hall–Kier alpha value is -1.10. The van der Waals surface area contributed by atoms with Crippen molar-refractivity contribution in [3.8, 4) is 0 Å². The number of nitrogens with two attached hydrogens (primary N) is 1. The van der Waals surface area contributed by atoms with Crippen LogP contribution in [0.15, 0.2) is 0 Å². The lowest BCUT2D eigenvalue weighted by molar-refractivity contribution is -0.141. The summed E-state index contributed by atoms with van der Waals surface area (Å²) in [5.74, 6) is -1.12. The summed E-state index contributed by atoms with van der Waals surface area (Å²) in [5.41, 5.74) is 5.09. The quantitative estimate of drug-likeness (QED) is 0.551. The molecule has 1 rings (SSSR count). The van der Waals surface area contributed by atoms with Crippen LogP contribution >= 0.6 is 0 Å². The SMILES string of the molecule is CCC1(NC(=O)C(=O)NCCN)CCC1. The molecule has 1 aliphatic rings. The summed E-state index contributed by atoms with van der Waals surface area (Å²) in [7, 11) is 0. The molecule has 0 heterocycles. The van der Waals surface area contributed by atoms with Gasteiger partial charge in [0.05, 0.1) is 0 Å². The third-order valence-electron chi connectivity index (χ3n) is 3.00. The van der Waals surface area contributed by atoms with Gasteiger partial charge < -0.3 is 16.4 Å². The van der Waals surface area contributed by atoms with Gasteiger partial charge in [-0.25, -0.2) is 0 Å². The predicted molar refractivity (Wildman–Crippen MR) is 57.1 cm³/mol. The van der Waals surface area contributed by atoms with Gasteiger partial charge in [0.15, 0.2) is 0 Å². The Balaban J connectivity index is 2.37. The maximum absolute atomic E-state index is 11.5. The molecule has 0 atom stereocenters. The monoisotopic (exact) mass is 213 g/mol. The fraction of sp³-hybridized carbons (Fsp3) is 0.800. The highest BCUT2D eigenvalue weighted by atomic mass is 16.2. The van der Waals surface area contributed by atoms with Gasteiger partial charge in [-0.05, 0) is 25.7 Å². The lowest BCUT2D eigenvalue weighted by Crippen LogP contribution is -2.56. The molecule has 0 aromatic heterocycles. The largest absolute Gasteiger partial charge is 0.347 e. The van der Waals surface area contributed by atoms with Crippen LogP contribution in [-0.4, -0.2) is 30.4 Å². The van der Waals surface area contributed by atoms with Gasteiger partial charge in [0.25, 0.3) is 0 Å². The molecule has 0 spiro atoms. The van der Waals surface area contributed by atoms with Gasteiger partial charge in [0.2, 0.25) is 0 Å². The molecule has 0 bridgehead atoms. The van der Waals surface area contributed by atoms with E-state index in [-0.39, 0.29) is 5.54 Å². The highest BCUT2D eigenvalue weighted by Crippen LogP contribution is 2.34. The molecule has 1 aliphatic carbocycles. The van der Waals surface area contributed by atoms with E-state index in [1.54, 1.807) is 0 Å². The van der Waals surface area contributed by atoms with Crippen LogP contribution in [0.4, 0.5) is 0 Å². The second-order valence-electron chi connectivity index (χ2n) is 3.99. The molecule has 0 aliphatic heterocycles. The summed E-state index contributed by atoms with van der Waals surface area (Å²) in [5, 5.41) is 5.25. The van der Waals surface area contributed by atoms with Crippen molar-refractivity contribution in [3.63, 3.8) is 0 Å². The van der Waals surface area contributed by atoms with Crippen molar-refractivity contribution >= 4 is 11.8 Å². The second kappa shape index (κ2) is 5.11. The average molecular weight is 213 g/mol. The minimum absolute atomic E-state index is 0.128. The Kier molecular flexibility index (Phi) is 4.08. The normalized spacial score (nSPS) is 17.7. The number of amides is 2. The van der Waals surface area contributed by atoms with Gasteiger partial charge in [0, 0.05) is 18.6 Å². The van der Waals surface area contributed by atoms with Gasteiger partial charge >= 0.3 is 11.8 Å². The number of nitrogens with one attached hydrogen (secondary N) is 2. The van der Waals surface area contributed by atoms with Crippen molar-refractivity contribution in [1.82, 2.24) is 10.6 Å². The standard InChI is InChI=1S/C10H19N3O2/c1-2-10(4-3-5-10)13-9(15)8(14)12-7-6-11/h2-7,11H2,1H3,(H,12,14)(H,13,15). The fourth-order valence-corrected chi connectivity index (χ4v) is 1.73. The van der Waals surface area contributed by atoms with Gasteiger partial charge in [-0.2, -0.15) is 0 Å². The maximum atomic E-state index is 11.5. The van der Waals surface area contributed by atoms with Crippen LogP contribution in [0.25, 0.3) is 0 Å². The molecule has 5 nitrogen and oxygen atoms in total. The van der Waals surface area contributed by atoms with Crippen molar-refractivity contribution in [2.24, 2.45) is 5.73 Å². The van der Waals surface area contributed by atoms with Gasteiger partial charge in [-0.3, -0.25) is 9.59 Å². The van der Waals surface area contributed by atoms with Crippen molar-refractivity contribution in [3.05, 3.63) is 0 Å². The van der Waals surface area contributed by atoms with Crippen molar-refractivity contribution in [2.45, 2.75) is 38.1 Å². The molecule has 0 aromatic rings. The van der Waals surface area contributed by atoms with E-state index < -0.39 is 11.8 Å². The second-order valence-corrected chi connectivity index (χ2v) is 3.99. The first-order valence-corrected chi connectivity index (χ1v) is 5.44. The summed E-state index contributed by atoms with van der Waals surface area (Å²) in [6, 6.07) is 0. The van der Waals surface area contributed by atoms with Crippen LogP contribution in [0.5, 0.6) is 0 Å². The Morgan fingerprint density at radius 1 is 1.33 bits per heavy atom. The molecule has 4 N–H and O–H groups in total. The molecular formula is C10H19N3O2. The number of rotatable bonds is 4. The van der Waals surface area contributed by atoms with Gasteiger partial charge in [-0.1, -0.05) is 6.92 Å². The van der Waals surface area contributed by atoms with E-state index in [0.29, 0.717) is 13.1 Å². The number of hydrogen-bond acceptors (Lipinski definition) is 3. The molecule has 0 radical (unpaired) electrons. The predicted octanol–water partition coefficient (Wildman–Crippen LogP) is -0.490. The molecule has 86 valence electrons. The smallest absolute Gasteiger partial charge is 0.309 e. The minimum Gasteiger partial charge on any atom is -0.347 e. The van der Waals surface area contributed by atoms with Crippen molar-refractivity contribution in [1.29, 1.82) is 0 Å². The number of carbonyl (C=O) groups excluding carboxylic acids is 2. The lowest BCUT2D eigenvalue weighted by atomic mass is 9.75. The third kappa shape index (κ3) is 2.92. The van der Waals surface area contributed by atoms with Crippen LogP contribution in [0.2, 0.25) is 0 Å². The van der Waals surface area contributed by atoms with Crippen molar-refractivity contribution in [2.75, 3.05) is 13.1 Å². The molecule has 15 heavy (non-hydrogen) atoms. The number of hydrogen-bond donors (Lipinski definition) is 3. The summed E-state index contributed by atoms with van der Waals surface area (Å²) in [6.45, 7) is 2.71. The topological polar surface area (TPSA) is 84.2 Å². The van der Waals surface area contributed by atoms with E-state index in [4.69, 9.17) is 5.73 Å². The van der Waals surface area contributed by atoms with E-state index in [9.17, 15) is 9.59 Å². The van der Waals surface area contributed by atoms with E-state index in [2.05, 4.69) is 10.6 Å². The molecular weight excluding hydrogens is 194 g/mol. The number of carbonyl (C=O) groups is 2. The molecule has 0 unspecified atom stereocenters. The fourth-order valence-electron chi connectivity index (χ4n) is 1.73. The van der Waals surface area contributed by atoms with Gasteiger partial charge in [-0.15, -0.1) is 0 Å². The zero-order chi connectivity index (χ0) is 11.3. The van der Waals surface area contributed by atoms with E-state index >= 15 is 0 Å². The minimum atomic E-state index is -0.583. The van der Waals surface area contributed by atoms with Crippen LogP contribution in [0.1, 0.15) is 32.6 Å². The average Bonchev–Trinajstić information content (AvgIpc) is 2.19. The van der Waals surface area contributed by atoms with Crippen LogP contribution in [-0.2, 0) is 9.59 Å². The molecule has 5 heteroatoms. The highest BCUT2D eigenvalue weighted by molar-refractivity contribution is 6.35. The van der Waals surface area contributed by atoms with Crippen molar-refractivity contribution < 1.29 is 9.59 Å². The molecule has 1 saturated carbocycles. The Labute approximate surface area is 89.8 Å². The first-order valence-electron chi connectivity index (χ1n) is 5.44. The molecule has 1 fully saturated rings. The first-order chi connectivity index (χ1) is 7.13. The Morgan fingerprint density at radius 2 is 2.00 bits per heavy atom. The van der Waals surface area contributed by atoms with Gasteiger partial charge in [0.1, 0.15) is 0 Å². The summed E-state index contributed by atoms with van der Waals surface area (Å²) < 4.78 is 0. The molecule has 0 aromatic carbocycles. The Bertz CT molecular complexity index is 244. The van der Waals surface area contributed by atoms with E-state index in [0.717, 1.165) is 25.7 Å². The van der Waals surface area contributed by atoms with E-state index in [1.165, 1.54) is 0 Å². The summed E-state index contributed by atoms with van der Waals surface area (Å²) >= 11 is 0. The zero-order valence-corrected chi connectivity index (χ0v) is 9.14. The maximum Gasteiger partial charge on any atom is 0.309 e. The van der Waals surface area contributed by atoms with Crippen LogP contribution in [0, 0.1) is 0 Å². The van der Waals surface area contributed by atoms with E-state index in [1.807, 2.05) is 6.92 Å². The lowest BCUT2D eigenvalue weighted by Gasteiger charge is -2.41. The zero-order valence-electron chi connectivity index (χ0n) is 9.14. The third-order valence-corrected chi connectivity index (χ3v) is 3.00. The summed E-state index contributed by atoms with van der Waals surface area (Å²) in [6.07, 6.45) is 3.94. The highest BCUT2D eigenvalue weighted by Gasteiger charge is 2.37. The van der Waals surface area contributed by atoms with Crippen LogP contribution < -0.4 is 16.4 Å². The van der Waals surface area contributed by atoms with Crippen LogP contribution in [0.3, 0.4) is 0 Å². The summed E-state index contributed by atoms with van der Waals surface area (Å²) in [4.78, 5) is 22.7. The molecule has 0 saturated heterocycles. The Morgan fingerprint density at radius 3 is 2.40 bits per heavy atom.